The summed E-state index contributed by atoms with van der Waals surface area (Å²) in [4.78, 5) is 49.5. The smallest absolute Gasteiger partial charge is 0.255 e. The van der Waals surface area contributed by atoms with E-state index in [4.69, 9.17) is 11.5 Å². The van der Waals surface area contributed by atoms with Gasteiger partial charge in [0.2, 0.25) is 5.91 Å². The third-order valence-corrected chi connectivity index (χ3v) is 7.23. The standard InChI is InChI=1S/C34H40N6O3/c1-3-14-40(15-4-2)34(43)27-17-25-11-12-26(18-31(25)39-32(36)19-27)33(42)38-28-16-23(21-37-22-28)10-13-29(41)20-30(35)24-8-6-5-7-9-24/h5-9,11-12,16-18,21-22,30H,3-4,10,13-15,19-20,35H2,1-2H3,(H2,36,39)(H,38,42). The molecule has 0 radical (unpaired) electrons. The number of nitrogens with one attached hydrogen (secondary N) is 1. The molecular weight excluding hydrogens is 540 g/mol. The third-order valence-electron chi connectivity index (χ3n) is 7.23. The highest BCUT2D eigenvalue weighted by Crippen LogP contribution is 2.29. The van der Waals surface area contributed by atoms with Crippen molar-refractivity contribution in [3.05, 3.63) is 94.8 Å². The molecule has 43 heavy (non-hydrogen) atoms. The number of hydrogen-bond donors (Lipinski definition) is 3. The molecule has 0 bridgehead atoms. The number of rotatable bonds is 13. The van der Waals surface area contributed by atoms with Crippen LogP contribution in [0.5, 0.6) is 0 Å². The predicted octanol–water partition coefficient (Wildman–Crippen LogP) is 5.35. The number of aryl methyl sites for hydroxylation is 1. The summed E-state index contributed by atoms with van der Waals surface area (Å²) in [5, 5.41) is 2.88. The van der Waals surface area contributed by atoms with Gasteiger partial charge in [0.25, 0.3) is 5.91 Å². The zero-order valence-electron chi connectivity index (χ0n) is 24.9. The van der Waals surface area contributed by atoms with Gasteiger partial charge in [0, 0.05) is 61.3 Å². The van der Waals surface area contributed by atoms with Gasteiger partial charge in [0.15, 0.2) is 0 Å². The molecule has 224 valence electrons. The molecule has 2 amide bonds. The van der Waals surface area contributed by atoms with E-state index in [1.54, 1.807) is 30.6 Å². The maximum Gasteiger partial charge on any atom is 0.255 e. The summed E-state index contributed by atoms with van der Waals surface area (Å²) in [6.07, 6.45) is 8.15. The van der Waals surface area contributed by atoms with Crippen molar-refractivity contribution < 1.29 is 14.4 Å². The minimum atomic E-state index is -0.336. The Bertz CT molecular complexity index is 1510. The predicted molar refractivity (Wildman–Crippen MR) is 171 cm³/mol. The van der Waals surface area contributed by atoms with Gasteiger partial charge in [-0.3, -0.25) is 19.4 Å². The highest BCUT2D eigenvalue weighted by Gasteiger charge is 2.21. The maximum atomic E-state index is 13.2. The molecule has 5 N–H and O–H groups in total. The number of amidine groups is 1. The van der Waals surface area contributed by atoms with E-state index in [0.717, 1.165) is 29.5 Å². The molecule has 0 saturated heterocycles. The lowest BCUT2D eigenvalue weighted by molar-refractivity contribution is -0.127. The van der Waals surface area contributed by atoms with E-state index < -0.39 is 0 Å². The highest BCUT2D eigenvalue weighted by atomic mass is 16.2. The van der Waals surface area contributed by atoms with Crippen LogP contribution >= 0.6 is 0 Å². The second kappa shape index (κ2) is 15.0. The summed E-state index contributed by atoms with van der Waals surface area (Å²) in [5.41, 5.74) is 16.9. The number of ketones is 1. The molecule has 1 aliphatic heterocycles. The highest BCUT2D eigenvalue weighted by molar-refractivity contribution is 6.07. The number of Topliss-reactive ketones (excluding diaryl/α,β-unsaturated/α-hetero) is 1. The zero-order valence-corrected chi connectivity index (χ0v) is 24.9. The van der Waals surface area contributed by atoms with Crippen molar-refractivity contribution in [1.82, 2.24) is 9.88 Å². The first-order valence-corrected chi connectivity index (χ1v) is 14.8. The Kier molecular flexibility index (Phi) is 10.9. The fraction of sp³-hybridized carbons (Fsp3) is 0.324. The van der Waals surface area contributed by atoms with Crippen LogP contribution in [0.1, 0.15) is 79.0 Å². The number of hydrogen-bond acceptors (Lipinski definition) is 7. The lowest BCUT2D eigenvalue weighted by Gasteiger charge is -2.22. The molecule has 0 saturated carbocycles. The SMILES string of the molecule is CCCN(CCC)C(=O)C1=Cc2ccc(C(=O)Nc3cncc(CCC(=O)CC(N)c4ccccc4)c3)cc2N=C(N)C1. The molecule has 4 rings (SSSR count). The van der Waals surface area contributed by atoms with E-state index in [9.17, 15) is 14.4 Å². The molecule has 2 aromatic carbocycles. The monoisotopic (exact) mass is 580 g/mol. The van der Waals surface area contributed by atoms with Crippen molar-refractivity contribution in [2.45, 2.75) is 58.4 Å². The lowest BCUT2D eigenvalue weighted by Crippen LogP contribution is -2.34. The van der Waals surface area contributed by atoms with Crippen LogP contribution in [0.4, 0.5) is 11.4 Å². The molecule has 0 aliphatic carbocycles. The van der Waals surface area contributed by atoms with Crippen LogP contribution in [0, 0.1) is 0 Å². The summed E-state index contributed by atoms with van der Waals surface area (Å²) in [7, 11) is 0. The molecule has 1 aromatic heterocycles. The summed E-state index contributed by atoms with van der Waals surface area (Å²) in [6.45, 7) is 5.46. The van der Waals surface area contributed by atoms with Crippen molar-refractivity contribution >= 4 is 40.9 Å². The second-order valence-electron chi connectivity index (χ2n) is 10.8. The van der Waals surface area contributed by atoms with Crippen LogP contribution in [-0.2, 0) is 16.0 Å². The number of fused-ring (bicyclic) bond motifs is 1. The topological polar surface area (TPSA) is 144 Å². The number of carbonyl (C=O) groups is 3. The Morgan fingerprint density at radius 2 is 1.74 bits per heavy atom. The molecule has 9 heteroatoms. The Hall–Kier alpha value is -4.63. The van der Waals surface area contributed by atoms with Gasteiger partial charge in [0.1, 0.15) is 11.6 Å². The Morgan fingerprint density at radius 1 is 1.00 bits per heavy atom. The molecular formula is C34H40N6O3. The second-order valence-corrected chi connectivity index (χ2v) is 10.8. The van der Waals surface area contributed by atoms with Crippen molar-refractivity contribution in [2.24, 2.45) is 16.5 Å². The van der Waals surface area contributed by atoms with E-state index in [2.05, 4.69) is 15.3 Å². The third kappa shape index (κ3) is 8.68. The molecule has 2 heterocycles. The first-order valence-electron chi connectivity index (χ1n) is 14.8. The van der Waals surface area contributed by atoms with Crippen molar-refractivity contribution in [3.8, 4) is 0 Å². The van der Waals surface area contributed by atoms with Crippen molar-refractivity contribution in [3.63, 3.8) is 0 Å². The number of benzene rings is 2. The van der Waals surface area contributed by atoms with Gasteiger partial charge in [-0.1, -0.05) is 50.2 Å². The molecule has 1 unspecified atom stereocenters. The fourth-order valence-electron chi connectivity index (χ4n) is 5.07. The number of amides is 2. The van der Waals surface area contributed by atoms with Gasteiger partial charge in [0.05, 0.1) is 17.6 Å². The van der Waals surface area contributed by atoms with Crippen molar-refractivity contribution in [1.29, 1.82) is 0 Å². The number of nitrogens with two attached hydrogens (primary N) is 2. The summed E-state index contributed by atoms with van der Waals surface area (Å²) >= 11 is 0. The first-order chi connectivity index (χ1) is 20.8. The minimum absolute atomic E-state index is 0.0374. The van der Waals surface area contributed by atoms with Gasteiger partial charge in [-0.05, 0) is 54.7 Å². The number of anilines is 1. The van der Waals surface area contributed by atoms with E-state index in [-0.39, 0.29) is 36.5 Å². The quantitative estimate of drug-likeness (QED) is 0.249. The van der Waals surface area contributed by atoms with Crippen LogP contribution < -0.4 is 16.8 Å². The molecule has 1 aliphatic rings. The van der Waals surface area contributed by atoms with Crippen LogP contribution in [0.3, 0.4) is 0 Å². The Labute approximate surface area is 253 Å². The Morgan fingerprint density at radius 3 is 2.47 bits per heavy atom. The summed E-state index contributed by atoms with van der Waals surface area (Å²) < 4.78 is 0. The molecule has 3 aromatic rings. The van der Waals surface area contributed by atoms with Gasteiger partial charge in [-0.15, -0.1) is 0 Å². The Balaban J connectivity index is 1.40. The molecule has 1 atom stereocenters. The molecule has 0 fully saturated rings. The fourth-order valence-corrected chi connectivity index (χ4v) is 5.07. The number of carbonyl (C=O) groups excluding carboxylic acids is 3. The zero-order chi connectivity index (χ0) is 30.8. The van der Waals surface area contributed by atoms with Crippen molar-refractivity contribution in [2.75, 3.05) is 18.4 Å². The number of aliphatic imine (C=N–C) groups is 1. The van der Waals surface area contributed by atoms with Gasteiger partial charge in [-0.2, -0.15) is 0 Å². The van der Waals surface area contributed by atoms with E-state index in [1.165, 1.54) is 0 Å². The minimum Gasteiger partial charge on any atom is -0.387 e. The number of pyridine rings is 1. The van der Waals surface area contributed by atoms with Gasteiger partial charge in [-0.25, -0.2) is 4.99 Å². The van der Waals surface area contributed by atoms with Crippen LogP contribution in [-0.4, -0.2) is 46.4 Å². The summed E-state index contributed by atoms with van der Waals surface area (Å²) in [6, 6.07) is 16.2. The van der Waals surface area contributed by atoms with Crippen LogP contribution in [0.25, 0.3) is 6.08 Å². The van der Waals surface area contributed by atoms with E-state index in [0.29, 0.717) is 54.3 Å². The van der Waals surface area contributed by atoms with Gasteiger partial charge >= 0.3 is 0 Å². The largest absolute Gasteiger partial charge is 0.387 e. The average molecular weight is 581 g/mol. The van der Waals surface area contributed by atoms with E-state index >= 15 is 0 Å². The number of nitrogens with zero attached hydrogens (tertiary/aromatic N) is 3. The molecule has 9 nitrogen and oxygen atoms in total. The van der Waals surface area contributed by atoms with Gasteiger partial charge < -0.3 is 21.7 Å². The summed E-state index contributed by atoms with van der Waals surface area (Å²) in [5.74, 6) is 0.0182. The first kappa shape index (κ1) is 31.3. The van der Waals surface area contributed by atoms with Crippen LogP contribution in [0.15, 0.2) is 77.6 Å². The maximum absolute atomic E-state index is 13.2. The van der Waals surface area contributed by atoms with Crippen LogP contribution in [0.2, 0.25) is 0 Å². The molecule has 0 spiro atoms. The average Bonchev–Trinajstić information content (AvgIpc) is 3.17. The number of aromatic nitrogens is 1. The van der Waals surface area contributed by atoms with E-state index in [1.807, 2.05) is 61.2 Å². The normalized spacial score (nSPS) is 13.2. The lowest BCUT2D eigenvalue weighted by atomic mass is 9.99.